The molecule has 20 heavy (non-hydrogen) atoms. The second-order valence-electron chi connectivity index (χ2n) is 5.52. The number of alkyl halides is 1. The maximum absolute atomic E-state index is 13.6. The first-order chi connectivity index (χ1) is 9.63. The summed E-state index contributed by atoms with van der Waals surface area (Å²) < 4.78 is 19.5. The van der Waals surface area contributed by atoms with E-state index in [1.54, 1.807) is 7.11 Å². The number of methoxy groups -OCH3 is 1. The van der Waals surface area contributed by atoms with E-state index in [9.17, 15) is 4.39 Å². The largest absolute Gasteiger partial charge is 0.496 e. The molecule has 1 unspecified atom stereocenters. The molecular weight excluding hydrogens is 387 g/mol. The molecule has 1 nitrogen and oxygen atoms in total. The topological polar surface area (TPSA) is 9.23 Å². The molecule has 0 saturated heterocycles. The third-order valence-electron chi connectivity index (χ3n) is 4.13. The van der Waals surface area contributed by atoms with Gasteiger partial charge < -0.3 is 4.74 Å². The third kappa shape index (κ3) is 3.97. The molecule has 0 N–H and O–H groups in total. The van der Waals surface area contributed by atoms with Crippen LogP contribution >= 0.6 is 31.9 Å². The molecule has 1 saturated carbocycles. The summed E-state index contributed by atoms with van der Waals surface area (Å²) in [5.41, 5.74) is 1.05. The Morgan fingerprint density at radius 3 is 2.35 bits per heavy atom. The molecule has 0 radical (unpaired) electrons. The van der Waals surface area contributed by atoms with Crippen molar-refractivity contribution < 1.29 is 9.13 Å². The van der Waals surface area contributed by atoms with Gasteiger partial charge in [-0.3, -0.25) is 0 Å². The number of hydrogen-bond donors (Lipinski definition) is 0. The van der Waals surface area contributed by atoms with E-state index < -0.39 is 0 Å². The summed E-state index contributed by atoms with van der Waals surface area (Å²) in [6.45, 7) is 0. The fraction of sp³-hybridized carbons (Fsp3) is 0.625. The van der Waals surface area contributed by atoms with Gasteiger partial charge in [-0.2, -0.15) is 0 Å². The molecule has 4 heteroatoms. The highest BCUT2D eigenvalue weighted by molar-refractivity contribution is 9.10. The van der Waals surface area contributed by atoms with Crippen LogP contribution in [0.25, 0.3) is 0 Å². The predicted molar refractivity (Wildman–Crippen MR) is 88.1 cm³/mol. The van der Waals surface area contributed by atoms with Crippen LogP contribution in [0.2, 0.25) is 0 Å². The van der Waals surface area contributed by atoms with Crippen LogP contribution in [-0.2, 0) is 0 Å². The predicted octanol–water partition coefficient (Wildman–Crippen LogP) is 6.39. The van der Waals surface area contributed by atoms with Crippen LogP contribution in [-0.4, -0.2) is 7.11 Å². The average molecular weight is 408 g/mol. The lowest BCUT2D eigenvalue weighted by Gasteiger charge is -2.26. The van der Waals surface area contributed by atoms with Crippen molar-refractivity contribution in [3.05, 3.63) is 28.0 Å². The third-order valence-corrected chi connectivity index (χ3v) is 5.98. The molecule has 112 valence electrons. The van der Waals surface area contributed by atoms with Crippen LogP contribution in [0.3, 0.4) is 0 Å². The van der Waals surface area contributed by atoms with E-state index in [0.717, 1.165) is 5.56 Å². The van der Waals surface area contributed by atoms with Gasteiger partial charge in [0.05, 0.1) is 11.6 Å². The van der Waals surface area contributed by atoms with Crippen molar-refractivity contribution in [2.24, 2.45) is 5.92 Å². The Morgan fingerprint density at radius 2 is 1.75 bits per heavy atom. The molecule has 0 aromatic heterocycles. The summed E-state index contributed by atoms with van der Waals surface area (Å²) in [7, 11) is 1.60. The minimum atomic E-state index is -0.275. The Balaban J connectivity index is 2.22. The summed E-state index contributed by atoms with van der Waals surface area (Å²) in [4.78, 5) is 0.229. The molecule has 1 atom stereocenters. The number of hydrogen-bond acceptors (Lipinski definition) is 1. The normalized spacial score (nSPS) is 19.2. The van der Waals surface area contributed by atoms with Gasteiger partial charge in [0.1, 0.15) is 11.6 Å². The molecule has 0 aliphatic heterocycles. The average Bonchev–Trinajstić information content (AvgIpc) is 2.40. The smallest absolute Gasteiger partial charge is 0.141 e. The van der Waals surface area contributed by atoms with Gasteiger partial charge in [0.2, 0.25) is 0 Å². The summed E-state index contributed by atoms with van der Waals surface area (Å²) in [5.74, 6) is 0.958. The van der Waals surface area contributed by atoms with E-state index in [1.807, 2.05) is 6.07 Å². The molecule has 0 heterocycles. The van der Waals surface area contributed by atoms with Crippen molar-refractivity contribution in [1.82, 2.24) is 0 Å². The Hall–Kier alpha value is -0.0900. The molecule has 0 amide bonds. The molecule has 1 aliphatic rings. The highest BCUT2D eigenvalue weighted by atomic mass is 79.9. The Morgan fingerprint density at radius 1 is 1.15 bits per heavy atom. The van der Waals surface area contributed by atoms with E-state index in [2.05, 4.69) is 31.9 Å². The lowest BCUT2D eigenvalue weighted by Crippen LogP contribution is -2.11. The summed E-state index contributed by atoms with van der Waals surface area (Å²) in [6, 6.07) is 3.32. The van der Waals surface area contributed by atoms with E-state index in [4.69, 9.17) is 4.74 Å². The summed E-state index contributed by atoms with van der Waals surface area (Å²) in [6.07, 6.45) is 9.07. The standard InChI is InChI=1S/C16H21Br2FO/c1-20-15-10-14(19)13(17)9-12(15)16(18)11-7-5-3-2-4-6-8-11/h9-11,16H,2-8H2,1H3. The molecule has 1 aliphatic carbocycles. The zero-order chi connectivity index (χ0) is 14.5. The minimum absolute atomic E-state index is 0.229. The van der Waals surface area contributed by atoms with Crippen LogP contribution in [0.4, 0.5) is 4.39 Å². The Labute approximate surface area is 137 Å². The Bertz CT molecular complexity index is 442. The number of ether oxygens (including phenoxy) is 1. The molecule has 1 fully saturated rings. The number of halogens is 3. The number of benzene rings is 1. The maximum atomic E-state index is 13.6. The number of rotatable bonds is 3. The Kier molecular flexibility index (Phi) is 6.34. The van der Waals surface area contributed by atoms with Crippen molar-refractivity contribution in [2.75, 3.05) is 7.11 Å². The van der Waals surface area contributed by atoms with Gasteiger partial charge in [0.25, 0.3) is 0 Å². The van der Waals surface area contributed by atoms with Gasteiger partial charge >= 0.3 is 0 Å². The first kappa shape index (κ1) is 16.3. The van der Waals surface area contributed by atoms with Crippen LogP contribution in [0.5, 0.6) is 5.75 Å². The molecule has 1 aromatic carbocycles. The van der Waals surface area contributed by atoms with Gasteiger partial charge in [0.15, 0.2) is 0 Å². The van der Waals surface area contributed by atoms with Crippen molar-refractivity contribution in [2.45, 2.75) is 49.8 Å². The van der Waals surface area contributed by atoms with Crippen LogP contribution in [0.1, 0.15) is 55.3 Å². The van der Waals surface area contributed by atoms with E-state index in [-0.39, 0.29) is 10.6 Å². The highest BCUT2D eigenvalue weighted by Crippen LogP contribution is 2.43. The lowest BCUT2D eigenvalue weighted by atomic mass is 9.86. The monoisotopic (exact) mass is 406 g/mol. The SMILES string of the molecule is COc1cc(F)c(Br)cc1C(Br)C1CCCCCCC1. The van der Waals surface area contributed by atoms with Crippen LogP contribution in [0, 0.1) is 11.7 Å². The molecule has 0 spiro atoms. The zero-order valence-electron chi connectivity index (χ0n) is 11.8. The van der Waals surface area contributed by atoms with Gasteiger partial charge in [-0.05, 0) is 40.8 Å². The fourth-order valence-electron chi connectivity index (χ4n) is 2.97. The van der Waals surface area contributed by atoms with Gasteiger partial charge in [-0.15, -0.1) is 0 Å². The first-order valence-electron chi connectivity index (χ1n) is 7.30. The summed E-state index contributed by atoms with van der Waals surface area (Å²) in [5, 5.41) is 0. The van der Waals surface area contributed by atoms with Crippen molar-refractivity contribution in [3.63, 3.8) is 0 Å². The van der Waals surface area contributed by atoms with E-state index >= 15 is 0 Å². The van der Waals surface area contributed by atoms with Gasteiger partial charge in [-0.1, -0.05) is 48.0 Å². The van der Waals surface area contributed by atoms with E-state index in [1.165, 1.54) is 51.0 Å². The van der Waals surface area contributed by atoms with E-state index in [0.29, 0.717) is 16.1 Å². The lowest BCUT2D eigenvalue weighted by molar-refractivity contribution is 0.361. The van der Waals surface area contributed by atoms with Crippen molar-refractivity contribution in [3.8, 4) is 5.75 Å². The summed E-state index contributed by atoms with van der Waals surface area (Å²) >= 11 is 7.11. The second-order valence-corrected chi connectivity index (χ2v) is 7.36. The second kappa shape index (κ2) is 7.79. The van der Waals surface area contributed by atoms with Crippen LogP contribution in [0.15, 0.2) is 16.6 Å². The molecule has 1 aromatic rings. The maximum Gasteiger partial charge on any atom is 0.141 e. The first-order valence-corrected chi connectivity index (χ1v) is 9.01. The minimum Gasteiger partial charge on any atom is -0.496 e. The van der Waals surface area contributed by atoms with Gasteiger partial charge in [-0.25, -0.2) is 4.39 Å². The highest BCUT2D eigenvalue weighted by Gasteiger charge is 2.25. The molecule has 0 bridgehead atoms. The zero-order valence-corrected chi connectivity index (χ0v) is 15.0. The van der Waals surface area contributed by atoms with Crippen LogP contribution < -0.4 is 4.74 Å². The quantitative estimate of drug-likeness (QED) is 0.527. The van der Waals surface area contributed by atoms with Gasteiger partial charge in [0, 0.05) is 16.5 Å². The fourth-order valence-corrected chi connectivity index (χ4v) is 4.22. The molecular formula is C16H21Br2FO. The molecule has 2 rings (SSSR count). The van der Waals surface area contributed by atoms with Crippen molar-refractivity contribution >= 4 is 31.9 Å². The van der Waals surface area contributed by atoms with Crippen molar-refractivity contribution in [1.29, 1.82) is 0 Å².